The summed E-state index contributed by atoms with van der Waals surface area (Å²) in [5.41, 5.74) is 20.0. The van der Waals surface area contributed by atoms with Crippen molar-refractivity contribution in [2.45, 2.75) is 6.92 Å². The first kappa shape index (κ1) is 23.8. The van der Waals surface area contributed by atoms with E-state index in [-0.39, 0.29) is 5.75 Å². The van der Waals surface area contributed by atoms with Crippen LogP contribution in [0, 0.1) is 6.92 Å². The maximum Gasteiger partial charge on any atom is 0.236 e. The van der Waals surface area contributed by atoms with E-state index >= 15 is 0 Å². The predicted octanol–water partition coefficient (Wildman–Crippen LogP) is 4.48. The van der Waals surface area contributed by atoms with E-state index in [1.807, 2.05) is 55.5 Å². The Morgan fingerprint density at radius 3 is 2.29 bits per heavy atom. The second kappa shape index (κ2) is 10.6. The lowest BCUT2D eigenvalue weighted by atomic mass is 10.0. The maximum absolute atomic E-state index is 9.58. The van der Waals surface area contributed by atoms with Crippen LogP contribution in [0.1, 0.15) is 5.56 Å². The number of aromatic nitrogens is 4. The van der Waals surface area contributed by atoms with Gasteiger partial charge in [0.05, 0.1) is 16.7 Å². The van der Waals surface area contributed by atoms with Gasteiger partial charge < -0.3 is 22.3 Å². The van der Waals surface area contributed by atoms with Gasteiger partial charge >= 0.3 is 0 Å². The van der Waals surface area contributed by atoms with Crippen molar-refractivity contribution in [3.63, 3.8) is 0 Å². The van der Waals surface area contributed by atoms with Crippen LogP contribution in [-0.2, 0) is 0 Å². The van der Waals surface area contributed by atoms with E-state index in [0.717, 1.165) is 27.4 Å². The Kier molecular flexibility index (Phi) is 7.45. The van der Waals surface area contributed by atoms with Crippen molar-refractivity contribution in [1.29, 1.82) is 0 Å². The summed E-state index contributed by atoms with van der Waals surface area (Å²) in [6, 6.07) is 19.1. The Morgan fingerprint density at radius 1 is 1.00 bits per heavy atom. The van der Waals surface area contributed by atoms with E-state index in [0.29, 0.717) is 23.3 Å². The van der Waals surface area contributed by atoms with E-state index in [1.165, 1.54) is 6.08 Å². The number of aromatic hydroxyl groups is 1. The van der Waals surface area contributed by atoms with Crippen LogP contribution < -0.4 is 17.2 Å². The fourth-order valence-electron chi connectivity index (χ4n) is 3.21. The molecule has 5 aromatic rings. The van der Waals surface area contributed by atoms with Crippen LogP contribution in [0.4, 0.5) is 11.6 Å². The number of nitrogens with zero attached hydrogens (tertiary/aromatic N) is 4. The molecule has 5 rings (SSSR count). The Labute approximate surface area is 197 Å². The van der Waals surface area contributed by atoms with Crippen LogP contribution in [0.15, 0.2) is 98.0 Å². The van der Waals surface area contributed by atoms with Crippen molar-refractivity contribution in [2.24, 2.45) is 5.73 Å². The highest BCUT2D eigenvalue weighted by Gasteiger charge is 2.10. The molecule has 0 amide bonds. The number of hydrogen-bond acceptors (Lipinski definition) is 7. The summed E-state index contributed by atoms with van der Waals surface area (Å²) in [5, 5.41) is 11.7. The summed E-state index contributed by atoms with van der Waals surface area (Å²) in [6.07, 6.45) is 4.85. The van der Waals surface area contributed by atoms with Crippen molar-refractivity contribution < 1.29 is 5.11 Å². The number of anilines is 2. The Morgan fingerprint density at radius 2 is 1.62 bits per heavy atom. The molecule has 8 heteroatoms. The van der Waals surface area contributed by atoms with Crippen LogP contribution in [0.5, 0.6) is 5.75 Å². The highest BCUT2D eigenvalue weighted by molar-refractivity contribution is 5.91. The van der Waals surface area contributed by atoms with Gasteiger partial charge in [-0.15, -0.1) is 0 Å². The van der Waals surface area contributed by atoms with Crippen molar-refractivity contribution in [3.8, 4) is 11.7 Å². The van der Waals surface area contributed by atoms with Gasteiger partial charge in [0.25, 0.3) is 0 Å². The summed E-state index contributed by atoms with van der Waals surface area (Å²) in [7, 11) is 0. The minimum Gasteiger partial charge on any atom is -0.505 e. The summed E-state index contributed by atoms with van der Waals surface area (Å²) >= 11 is 0. The molecule has 0 aliphatic carbocycles. The number of rotatable bonds is 2. The molecule has 0 bridgehead atoms. The number of fused-ring (bicyclic) bond motifs is 2. The minimum atomic E-state index is 0.193. The van der Waals surface area contributed by atoms with Gasteiger partial charge in [0.15, 0.2) is 0 Å². The van der Waals surface area contributed by atoms with Gasteiger partial charge in [0.2, 0.25) is 11.9 Å². The molecule has 0 radical (unpaired) electrons. The first-order chi connectivity index (χ1) is 16.3. The standard InChI is InChI=1S/C11H9N5.C11H11NO.C4H7N/c12-10-15-8-4-1-2-5-9(8)16(10)11-13-6-3-7-14-11;1-7-9-5-3-2-4-8(9)6-10(12)11(7)13;1-3-4(2)5/h1-7H,(H2,12,15);2-6,13H,12H2,1H3;3H,1-2,5H2. The Balaban J connectivity index is 0.000000162. The molecule has 0 saturated heterocycles. The highest BCUT2D eigenvalue weighted by atomic mass is 16.3. The lowest BCUT2D eigenvalue weighted by Gasteiger charge is -2.06. The average Bonchev–Trinajstić information content (AvgIpc) is 3.19. The first-order valence-electron chi connectivity index (χ1n) is 10.4. The molecule has 3 aromatic carbocycles. The third-order valence-corrected chi connectivity index (χ3v) is 4.91. The van der Waals surface area contributed by atoms with Gasteiger partial charge in [-0.3, -0.25) is 0 Å². The monoisotopic (exact) mass is 453 g/mol. The summed E-state index contributed by atoms with van der Waals surface area (Å²) in [6.45, 7) is 8.54. The number of para-hydroxylation sites is 2. The van der Waals surface area contributed by atoms with Gasteiger partial charge in [0.1, 0.15) is 5.75 Å². The third kappa shape index (κ3) is 5.31. The van der Waals surface area contributed by atoms with E-state index < -0.39 is 0 Å². The largest absolute Gasteiger partial charge is 0.505 e. The van der Waals surface area contributed by atoms with Gasteiger partial charge in [-0.25, -0.2) is 19.5 Å². The molecule has 0 spiro atoms. The fraction of sp³-hybridized carbons (Fsp3) is 0.0385. The van der Waals surface area contributed by atoms with Crippen LogP contribution in [0.3, 0.4) is 0 Å². The first-order valence-corrected chi connectivity index (χ1v) is 10.4. The molecule has 34 heavy (non-hydrogen) atoms. The van der Waals surface area contributed by atoms with E-state index in [9.17, 15) is 5.11 Å². The molecule has 2 heterocycles. The zero-order valence-corrected chi connectivity index (χ0v) is 18.9. The molecule has 0 aliphatic rings. The number of allylic oxidation sites excluding steroid dienone is 1. The number of aryl methyl sites for hydroxylation is 1. The molecule has 0 atom stereocenters. The second-order valence-corrected chi connectivity index (χ2v) is 7.28. The molecule has 7 N–H and O–H groups in total. The van der Waals surface area contributed by atoms with E-state index in [2.05, 4.69) is 28.1 Å². The van der Waals surface area contributed by atoms with Gasteiger partial charge in [-0.1, -0.05) is 49.6 Å². The lowest BCUT2D eigenvalue weighted by Crippen LogP contribution is -2.04. The molecule has 2 aromatic heterocycles. The fourth-order valence-corrected chi connectivity index (χ4v) is 3.21. The highest BCUT2D eigenvalue weighted by Crippen LogP contribution is 2.31. The zero-order chi connectivity index (χ0) is 24.7. The van der Waals surface area contributed by atoms with Crippen LogP contribution in [0.25, 0.3) is 27.8 Å². The second-order valence-electron chi connectivity index (χ2n) is 7.28. The van der Waals surface area contributed by atoms with E-state index in [1.54, 1.807) is 29.1 Å². The third-order valence-electron chi connectivity index (χ3n) is 4.91. The van der Waals surface area contributed by atoms with Gasteiger partial charge in [-0.2, -0.15) is 0 Å². The molecule has 172 valence electrons. The van der Waals surface area contributed by atoms with Crippen LogP contribution >= 0.6 is 0 Å². The molecule has 0 aliphatic heterocycles. The SMILES string of the molecule is C=CC(=C)N.Cc1c(O)c(N)cc2ccccc12.Nc1nc2ccccc2n1-c1ncccn1. The summed E-state index contributed by atoms with van der Waals surface area (Å²) < 4.78 is 1.73. The molecule has 0 fully saturated rings. The zero-order valence-electron chi connectivity index (χ0n) is 18.9. The van der Waals surface area contributed by atoms with Crippen molar-refractivity contribution >= 4 is 33.4 Å². The van der Waals surface area contributed by atoms with Crippen molar-refractivity contribution in [2.75, 3.05) is 11.5 Å². The Hall–Kier alpha value is -4.85. The van der Waals surface area contributed by atoms with E-state index in [4.69, 9.17) is 17.2 Å². The predicted molar refractivity (Wildman–Crippen MR) is 139 cm³/mol. The number of phenolic OH excluding ortho intramolecular Hbond substituents is 1. The molecular formula is C26H27N7O. The summed E-state index contributed by atoms with van der Waals surface area (Å²) in [5.74, 6) is 1.12. The number of nitrogen functional groups attached to an aromatic ring is 2. The topological polar surface area (TPSA) is 142 Å². The minimum absolute atomic E-state index is 0.193. The van der Waals surface area contributed by atoms with Crippen LogP contribution in [0.2, 0.25) is 0 Å². The summed E-state index contributed by atoms with van der Waals surface area (Å²) in [4.78, 5) is 12.6. The average molecular weight is 454 g/mol. The lowest BCUT2D eigenvalue weighted by molar-refractivity contribution is 0.475. The molecule has 0 unspecified atom stereocenters. The van der Waals surface area contributed by atoms with Crippen LogP contribution in [-0.4, -0.2) is 24.6 Å². The number of nitrogens with two attached hydrogens (primary N) is 3. The maximum atomic E-state index is 9.58. The van der Waals surface area contributed by atoms with Crippen molar-refractivity contribution in [3.05, 3.63) is 104 Å². The normalized spacial score (nSPS) is 10.0. The number of hydrogen-bond donors (Lipinski definition) is 4. The van der Waals surface area contributed by atoms with Gasteiger partial charge in [0, 0.05) is 23.7 Å². The van der Waals surface area contributed by atoms with Gasteiger partial charge in [-0.05, 0) is 48.0 Å². The number of imidazole rings is 1. The number of benzene rings is 3. The molecular weight excluding hydrogens is 426 g/mol. The molecule has 8 nitrogen and oxygen atoms in total. The quantitative estimate of drug-likeness (QED) is 0.175. The Bertz CT molecular complexity index is 1440. The molecule has 0 saturated carbocycles. The van der Waals surface area contributed by atoms with Crippen molar-refractivity contribution in [1.82, 2.24) is 19.5 Å². The number of phenols is 1. The smallest absolute Gasteiger partial charge is 0.236 e.